The lowest BCUT2D eigenvalue weighted by Crippen LogP contribution is -2.47. The van der Waals surface area contributed by atoms with E-state index in [1.54, 1.807) is 6.92 Å². The number of methoxy groups -OCH3 is 1. The number of benzene rings is 3. The topological polar surface area (TPSA) is 98.1 Å². The van der Waals surface area contributed by atoms with Gasteiger partial charge in [0.15, 0.2) is 17.2 Å². The molecule has 0 spiro atoms. The van der Waals surface area contributed by atoms with Gasteiger partial charge in [-0.2, -0.15) is 4.98 Å². The zero-order chi connectivity index (χ0) is 31.2. The second kappa shape index (κ2) is 11.3. The number of aromatic nitrogens is 3. The monoisotopic (exact) mass is 609 g/mol. The van der Waals surface area contributed by atoms with Gasteiger partial charge < -0.3 is 9.47 Å². The van der Waals surface area contributed by atoms with Crippen LogP contribution < -0.4 is 10.1 Å². The van der Waals surface area contributed by atoms with E-state index in [-0.39, 0.29) is 41.4 Å². The van der Waals surface area contributed by atoms with Gasteiger partial charge in [-0.05, 0) is 66.3 Å². The maximum Gasteiger partial charge on any atom is 0.410 e. The number of carbonyl (C=O) groups is 2. The molecule has 1 fully saturated rings. The minimum atomic E-state index is -0.865. The number of rotatable bonds is 8. The first-order valence-corrected chi connectivity index (χ1v) is 14.7. The Bertz CT molecular complexity index is 1910. The summed E-state index contributed by atoms with van der Waals surface area (Å²) < 4.78 is 41.6. The van der Waals surface area contributed by atoms with Crippen molar-refractivity contribution in [1.29, 1.82) is 0 Å². The summed E-state index contributed by atoms with van der Waals surface area (Å²) in [4.78, 5) is 32.6. The SMILES string of the molecule is COc1ccc(F)c(-c2ccc3nc(NC(=O)[C@@H](C)N(C(=O)OCC4c5ccccc5-c5ccccc54)C4CC4)nn3c2)c1F. The standard InChI is InChI=1S/C34H29F2N5O4/c1-19(32(42)38-33-37-29-16-11-20(17-40(29)39-33)30-27(35)14-15-28(44-2)31(30)36)41(21-12-13-21)34(43)45-18-26-24-9-5-3-7-22(24)23-8-4-6-10-25(23)26/h3-11,14-17,19,21,26H,12-13,18H2,1-2H3,(H,38,39,42)/t19-/m1/s1. The van der Waals surface area contributed by atoms with Gasteiger partial charge in [-0.3, -0.25) is 15.0 Å². The Balaban J connectivity index is 1.06. The summed E-state index contributed by atoms with van der Waals surface area (Å²) in [5.41, 5.74) is 4.76. The maximum absolute atomic E-state index is 14.9. The molecule has 2 amide bonds. The molecule has 7 rings (SSSR count). The van der Waals surface area contributed by atoms with E-state index >= 15 is 0 Å². The van der Waals surface area contributed by atoms with Crippen molar-refractivity contribution in [3.8, 4) is 28.0 Å². The van der Waals surface area contributed by atoms with Crippen LogP contribution in [0.25, 0.3) is 27.9 Å². The Kier molecular flexibility index (Phi) is 7.15. The minimum Gasteiger partial charge on any atom is -0.494 e. The molecular formula is C34H29F2N5O4. The van der Waals surface area contributed by atoms with Crippen LogP contribution in [0.1, 0.15) is 36.8 Å². The maximum atomic E-state index is 14.9. The highest BCUT2D eigenvalue weighted by atomic mass is 19.1. The molecule has 0 radical (unpaired) electrons. The molecule has 2 aliphatic carbocycles. The fraction of sp³-hybridized carbons (Fsp3) is 0.235. The van der Waals surface area contributed by atoms with Crippen molar-refractivity contribution >= 4 is 23.6 Å². The number of halogens is 2. The third-order valence-electron chi connectivity index (χ3n) is 8.41. The van der Waals surface area contributed by atoms with Gasteiger partial charge in [-0.25, -0.2) is 18.1 Å². The summed E-state index contributed by atoms with van der Waals surface area (Å²) in [6, 6.07) is 20.6. The van der Waals surface area contributed by atoms with Crippen molar-refractivity contribution in [2.24, 2.45) is 0 Å². The average molecular weight is 610 g/mol. The fourth-order valence-corrected chi connectivity index (χ4v) is 6.03. The lowest BCUT2D eigenvalue weighted by atomic mass is 9.98. The number of carbonyl (C=O) groups excluding carboxylic acids is 2. The molecule has 1 saturated carbocycles. The first-order valence-electron chi connectivity index (χ1n) is 14.7. The van der Waals surface area contributed by atoms with E-state index in [0.717, 1.165) is 41.2 Å². The Hall–Kier alpha value is -5.32. The van der Waals surface area contributed by atoms with Crippen molar-refractivity contribution in [2.75, 3.05) is 19.0 Å². The highest BCUT2D eigenvalue weighted by Gasteiger charge is 2.40. The van der Waals surface area contributed by atoms with Gasteiger partial charge in [0.25, 0.3) is 0 Å². The number of nitrogens with zero attached hydrogens (tertiary/aromatic N) is 4. The number of fused-ring (bicyclic) bond motifs is 4. The van der Waals surface area contributed by atoms with E-state index in [2.05, 4.69) is 39.7 Å². The summed E-state index contributed by atoms with van der Waals surface area (Å²) in [6.07, 6.45) is 2.40. The Morgan fingerprint density at radius 2 is 1.69 bits per heavy atom. The number of hydrogen-bond donors (Lipinski definition) is 1. The van der Waals surface area contributed by atoms with Crippen LogP contribution in [0.2, 0.25) is 0 Å². The van der Waals surface area contributed by atoms with Crippen LogP contribution >= 0.6 is 0 Å². The van der Waals surface area contributed by atoms with Crippen LogP contribution in [-0.4, -0.2) is 57.3 Å². The fourth-order valence-electron chi connectivity index (χ4n) is 6.03. The number of anilines is 1. The van der Waals surface area contributed by atoms with Crippen LogP contribution in [0.15, 0.2) is 79.0 Å². The van der Waals surface area contributed by atoms with Gasteiger partial charge >= 0.3 is 6.09 Å². The normalized spacial score (nSPS) is 14.5. The molecule has 45 heavy (non-hydrogen) atoms. The molecule has 2 aromatic heterocycles. The summed E-state index contributed by atoms with van der Waals surface area (Å²) >= 11 is 0. The van der Waals surface area contributed by atoms with Crippen LogP contribution in [0.5, 0.6) is 5.75 Å². The number of ether oxygens (including phenoxy) is 2. The molecule has 2 aliphatic rings. The van der Waals surface area contributed by atoms with E-state index in [4.69, 9.17) is 9.47 Å². The van der Waals surface area contributed by atoms with Crippen molar-refractivity contribution in [3.63, 3.8) is 0 Å². The summed E-state index contributed by atoms with van der Waals surface area (Å²) in [7, 11) is 1.30. The Labute approximate surface area is 257 Å². The van der Waals surface area contributed by atoms with Gasteiger partial charge in [0.05, 0.1) is 12.7 Å². The van der Waals surface area contributed by atoms with E-state index in [0.29, 0.717) is 5.65 Å². The number of amides is 2. The molecule has 9 nitrogen and oxygen atoms in total. The number of nitrogens with one attached hydrogen (secondary N) is 1. The van der Waals surface area contributed by atoms with Crippen LogP contribution in [0.3, 0.4) is 0 Å². The Morgan fingerprint density at radius 3 is 2.36 bits per heavy atom. The van der Waals surface area contributed by atoms with Crippen molar-refractivity contribution in [2.45, 2.75) is 37.8 Å². The molecule has 3 aromatic carbocycles. The second-order valence-corrected chi connectivity index (χ2v) is 11.2. The predicted molar refractivity (Wildman–Crippen MR) is 163 cm³/mol. The first-order chi connectivity index (χ1) is 21.8. The summed E-state index contributed by atoms with van der Waals surface area (Å²) in [5.74, 6) is -2.30. The van der Waals surface area contributed by atoms with E-state index < -0.39 is 29.7 Å². The largest absolute Gasteiger partial charge is 0.494 e. The Morgan fingerprint density at radius 1 is 1.00 bits per heavy atom. The molecular weight excluding hydrogens is 580 g/mol. The van der Waals surface area contributed by atoms with E-state index in [1.165, 1.54) is 40.9 Å². The van der Waals surface area contributed by atoms with Gasteiger partial charge in [0.2, 0.25) is 11.9 Å². The lowest BCUT2D eigenvalue weighted by molar-refractivity contribution is -0.120. The van der Waals surface area contributed by atoms with Gasteiger partial charge in [0.1, 0.15) is 18.5 Å². The molecule has 5 aromatic rings. The minimum absolute atomic E-state index is 0.0149. The van der Waals surface area contributed by atoms with Crippen molar-refractivity contribution < 1.29 is 27.8 Å². The van der Waals surface area contributed by atoms with Crippen molar-refractivity contribution in [3.05, 3.63) is 102 Å². The highest BCUT2D eigenvalue weighted by molar-refractivity contribution is 5.95. The second-order valence-electron chi connectivity index (χ2n) is 11.2. The summed E-state index contributed by atoms with van der Waals surface area (Å²) in [5, 5.41) is 6.95. The third kappa shape index (κ3) is 5.13. The third-order valence-corrected chi connectivity index (χ3v) is 8.41. The summed E-state index contributed by atoms with van der Waals surface area (Å²) in [6.45, 7) is 1.78. The molecule has 0 aliphatic heterocycles. The van der Waals surface area contributed by atoms with Crippen LogP contribution in [-0.2, 0) is 9.53 Å². The molecule has 0 unspecified atom stereocenters. The number of pyridine rings is 1. The van der Waals surface area contributed by atoms with E-state index in [9.17, 15) is 18.4 Å². The molecule has 2 heterocycles. The van der Waals surface area contributed by atoms with E-state index in [1.807, 2.05) is 24.3 Å². The van der Waals surface area contributed by atoms with Crippen molar-refractivity contribution in [1.82, 2.24) is 19.5 Å². The van der Waals surface area contributed by atoms with Crippen LogP contribution in [0.4, 0.5) is 19.5 Å². The highest BCUT2D eigenvalue weighted by Crippen LogP contribution is 2.44. The molecule has 0 saturated heterocycles. The zero-order valence-electron chi connectivity index (χ0n) is 24.5. The zero-order valence-corrected chi connectivity index (χ0v) is 24.5. The average Bonchev–Trinajstić information content (AvgIpc) is 3.71. The molecule has 228 valence electrons. The quantitative estimate of drug-likeness (QED) is 0.218. The van der Waals surface area contributed by atoms with Gasteiger partial charge in [-0.15, -0.1) is 5.10 Å². The van der Waals surface area contributed by atoms with Gasteiger partial charge in [0, 0.05) is 23.7 Å². The van der Waals surface area contributed by atoms with Crippen LogP contribution in [0, 0.1) is 11.6 Å². The predicted octanol–water partition coefficient (Wildman–Crippen LogP) is 6.42. The number of hydrogen-bond acceptors (Lipinski definition) is 6. The molecule has 1 atom stereocenters. The molecule has 0 bridgehead atoms. The van der Waals surface area contributed by atoms with Gasteiger partial charge in [-0.1, -0.05) is 48.5 Å². The smallest absolute Gasteiger partial charge is 0.410 e. The molecule has 1 N–H and O–H groups in total. The molecule has 11 heteroatoms. The lowest BCUT2D eigenvalue weighted by Gasteiger charge is -2.28. The first kappa shape index (κ1) is 28.5.